The molecule has 1 aromatic heterocycles. The highest BCUT2D eigenvalue weighted by molar-refractivity contribution is 6.58. The third kappa shape index (κ3) is 3.02. The SMILES string of the molecule is BC(B)(B)c1nnc(C(C)(C)C)n1C(B)(B)C. The fourth-order valence-electron chi connectivity index (χ4n) is 1.89. The number of rotatable bonds is 2. The van der Waals surface area contributed by atoms with Crippen molar-refractivity contribution in [2.75, 3.05) is 0 Å². The van der Waals surface area contributed by atoms with Crippen LogP contribution in [0.4, 0.5) is 0 Å². The molecule has 0 aliphatic rings. The standard InChI is InChI=1S/C9H22B5N3/c1-7(2,3)5-15-16-6(9(12,13)14)17(5)8(4,10)11/h10-14H2,1-4H3. The Kier molecular flexibility index (Phi) is 3.41. The van der Waals surface area contributed by atoms with Gasteiger partial charge in [-0.15, -0.1) is 10.2 Å². The average Bonchev–Trinajstić information content (AvgIpc) is 2.42. The van der Waals surface area contributed by atoms with Crippen molar-refractivity contribution in [3.63, 3.8) is 0 Å². The van der Waals surface area contributed by atoms with Gasteiger partial charge in [-0.3, -0.25) is 0 Å². The van der Waals surface area contributed by atoms with Crippen molar-refractivity contribution in [3.05, 3.63) is 11.6 Å². The van der Waals surface area contributed by atoms with E-state index in [4.69, 9.17) is 0 Å². The Labute approximate surface area is 110 Å². The van der Waals surface area contributed by atoms with Crippen LogP contribution < -0.4 is 0 Å². The molecule has 0 bridgehead atoms. The van der Waals surface area contributed by atoms with Crippen molar-refractivity contribution in [2.45, 2.75) is 43.6 Å². The largest absolute Gasteiger partial charge is 0.327 e. The Morgan fingerprint density at radius 2 is 1.24 bits per heavy atom. The lowest BCUT2D eigenvalue weighted by Crippen LogP contribution is -2.42. The van der Waals surface area contributed by atoms with E-state index in [-0.39, 0.29) is 15.9 Å². The molecule has 0 radical (unpaired) electrons. The molecule has 0 aliphatic heterocycles. The van der Waals surface area contributed by atoms with Crippen LogP contribution in [0.15, 0.2) is 0 Å². The molecule has 0 unspecified atom stereocenters. The van der Waals surface area contributed by atoms with Crippen molar-refractivity contribution >= 4 is 39.2 Å². The van der Waals surface area contributed by atoms with E-state index in [0.29, 0.717) is 0 Å². The minimum atomic E-state index is 0.00866. The first-order chi connectivity index (χ1) is 7.35. The molecule has 0 fully saturated rings. The van der Waals surface area contributed by atoms with E-state index in [9.17, 15) is 0 Å². The summed E-state index contributed by atoms with van der Waals surface area (Å²) in [6.45, 7) is 8.77. The summed E-state index contributed by atoms with van der Waals surface area (Å²) in [5.74, 6) is 2.13. The van der Waals surface area contributed by atoms with Gasteiger partial charge in [-0.1, -0.05) is 32.8 Å². The molecule has 0 N–H and O–H groups in total. The molecular formula is C9H22B5N3. The van der Waals surface area contributed by atoms with Gasteiger partial charge >= 0.3 is 0 Å². The van der Waals surface area contributed by atoms with Crippen molar-refractivity contribution in [3.8, 4) is 0 Å². The fourth-order valence-corrected chi connectivity index (χ4v) is 1.89. The van der Waals surface area contributed by atoms with E-state index in [0.717, 1.165) is 11.6 Å². The van der Waals surface area contributed by atoms with Crippen LogP contribution >= 0.6 is 0 Å². The van der Waals surface area contributed by atoms with E-state index in [1.807, 2.05) is 0 Å². The lowest BCUT2D eigenvalue weighted by atomic mass is 9.42. The Balaban J connectivity index is 3.53. The maximum atomic E-state index is 4.43. The van der Waals surface area contributed by atoms with Gasteiger partial charge in [0.2, 0.25) is 0 Å². The molecule has 0 aromatic carbocycles. The van der Waals surface area contributed by atoms with Crippen molar-refractivity contribution in [1.82, 2.24) is 14.8 Å². The van der Waals surface area contributed by atoms with Gasteiger partial charge in [0, 0.05) is 5.41 Å². The smallest absolute Gasteiger partial charge is 0.137 e. The second-order valence-corrected chi connectivity index (χ2v) is 7.85. The molecule has 3 nitrogen and oxygen atoms in total. The predicted molar refractivity (Wildman–Crippen MR) is 86.8 cm³/mol. The second-order valence-electron chi connectivity index (χ2n) is 7.85. The molecule has 1 aromatic rings. The van der Waals surface area contributed by atoms with Crippen LogP contribution in [-0.4, -0.2) is 54.0 Å². The summed E-state index contributed by atoms with van der Waals surface area (Å²) in [6, 6.07) is 0. The minimum Gasteiger partial charge on any atom is -0.327 e. The van der Waals surface area contributed by atoms with E-state index in [1.165, 1.54) is 0 Å². The highest BCUT2D eigenvalue weighted by Crippen LogP contribution is 2.27. The Bertz CT molecular complexity index is 376. The quantitative estimate of drug-likeness (QED) is 0.490. The molecule has 1 heterocycles. The zero-order valence-corrected chi connectivity index (χ0v) is 12.8. The molecule has 0 amide bonds. The average molecular weight is 226 g/mol. The number of hydrogen-bond donors (Lipinski definition) is 0. The van der Waals surface area contributed by atoms with Crippen LogP contribution in [-0.2, 0) is 15.9 Å². The normalized spacial score (nSPS) is 13.9. The summed E-state index contributed by atoms with van der Waals surface area (Å²) in [5.41, 5.74) is 0.0176. The third-order valence-corrected chi connectivity index (χ3v) is 2.68. The topological polar surface area (TPSA) is 30.7 Å². The van der Waals surface area contributed by atoms with Crippen LogP contribution in [0.3, 0.4) is 0 Å². The Morgan fingerprint density at radius 1 is 0.824 bits per heavy atom. The van der Waals surface area contributed by atoms with Crippen LogP contribution in [0.25, 0.3) is 0 Å². The first-order valence-electron chi connectivity index (χ1n) is 6.32. The number of aromatic nitrogens is 3. The third-order valence-electron chi connectivity index (χ3n) is 2.68. The second kappa shape index (κ2) is 3.99. The highest BCUT2D eigenvalue weighted by Gasteiger charge is 2.33. The minimum absolute atomic E-state index is 0.00866. The summed E-state index contributed by atoms with van der Waals surface area (Å²) < 4.78 is 2.30. The van der Waals surface area contributed by atoms with Gasteiger partial charge in [0.05, 0.1) is 23.5 Å². The van der Waals surface area contributed by atoms with Crippen molar-refractivity contribution < 1.29 is 0 Å². The maximum Gasteiger partial charge on any atom is 0.137 e. The van der Waals surface area contributed by atoms with E-state index < -0.39 is 0 Å². The Hall–Kier alpha value is -0.535. The van der Waals surface area contributed by atoms with Crippen LogP contribution in [0.5, 0.6) is 0 Å². The fraction of sp³-hybridized carbons (Fsp3) is 0.778. The van der Waals surface area contributed by atoms with Gasteiger partial charge in [0.15, 0.2) is 0 Å². The zero-order valence-electron chi connectivity index (χ0n) is 12.8. The molecule has 0 saturated carbocycles. The van der Waals surface area contributed by atoms with Gasteiger partial charge < -0.3 is 4.57 Å². The van der Waals surface area contributed by atoms with Gasteiger partial charge in [-0.2, -0.15) is 0 Å². The Morgan fingerprint density at radius 3 is 1.53 bits per heavy atom. The molecule has 88 valence electrons. The molecule has 0 atom stereocenters. The van der Waals surface area contributed by atoms with Gasteiger partial charge in [-0.05, 0) is 5.34 Å². The molecule has 0 saturated heterocycles. The van der Waals surface area contributed by atoms with E-state index in [2.05, 4.69) is 81.7 Å². The molecule has 1 rings (SSSR count). The van der Waals surface area contributed by atoms with Crippen molar-refractivity contribution in [1.29, 1.82) is 0 Å². The van der Waals surface area contributed by atoms with Crippen LogP contribution in [0, 0.1) is 0 Å². The van der Waals surface area contributed by atoms with Crippen LogP contribution in [0.2, 0.25) is 0 Å². The highest BCUT2D eigenvalue weighted by atomic mass is 15.3. The number of hydrogen-bond acceptors (Lipinski definition) is 2. The summed E-state index contributed by atoms with van der Waals surface area (Å²) in [6.07, 6.45) is 0. The summed E-state index contributed by atoms with van der Waals surface area (Å²) in [4.78, 5) is 0. The molecule has 8 heteroatoms. The van der Waals surface area contributed by atoms with Gasteiger partial charge in [0.1, 0.15) is 27.3 Å². The monoisotopic (exact) mass is 227 g/mol. The predicted octanol–water partition coefficient (Wildman–Crippen LogP) is -3.52. The lowest BCUT2D eigenvalue weighted by Gasteiger charge is -2.33. The molecule has 0 aliphatic carbocycles. The number of nitrogens with zero attached hydrogens (tertiary/aromatic N) is 3. The van der Waals surface area contributed by atoms with E-state index >= 15 is 0 Å². The van der Waals surface area contributed by atoms with Gasteiger partial charge in [0.25, 0.3) is 0 Å². The molecule has 0 spiro atoms. The maximum absolute atomic E-state index is 4.43. The molecular weight excluding hydrogens is 204 g/mol. The van der Waals surface area contributed by atoms with Gasteiger partial charge in [-0.25, -0.2) is 0 Å². The first kappa shape index (κ1) is 14.5. The summed E-state index contributed by atoms with van der Waals surface area (Å²) >= 11 is 0. The van der Waals surface area contributed by atoms with E-state index in [1.54, 1.807) is 0 Å². The van der Waals surface area contributed by atoms with Crippen LogP contribution in [0.1, 0.15) is 39.3 Å². The summed E-state index contributed by atoms with van der Waals surface area (Å²) in [7, 11) is 11.0. The summed E-state index contributed by atoms with van der Waals surface area (Å²) in [5, 5.41) is 8.89. The first-order valence-corrected chi connectivity index (χ1v) is 6.32. The van der Waals surface area contributed by atoms with Crippen molar-refractivity contribution in [2.24, 2.45) is 0 Å². The lowest BCUT2D eigenvalue weighted by molar-refractivity contribution is 0.475. The molecule has 17 heavy (non-hydrogen) atoms. The zero-order chi connectivity index (χ0) is 13.6.